The van der Waals surface area contributed by atoms with Crippen molar-refractivity contribution in [2.24, 2.45) is 16.5 Å². The highest BCUT2D eigenvalue weighted by molar-refractivity contribution is 5.76. The fourth-order valence-electron chi connectivity index (χ4n) is 2.91. The standard InChI is InChI=1S/C20H42N4O/c1-2-3-4-5-6-7-8-9-10-11-12-13-14-16-19(25)23-17-15-18-24-20(21)22/h2-18H2,1H3,(H,23,25)(H4,21,22,24). The average Bonchev–Trinajstić information content (AvgIpc) is 2.58. The first-order valence-corrected chi connectivity index (χ1v) is 10.5. The summed E-state index contributed by atoms with van der Waals surface area (Å²) in [6.07, 6.45) is 18.7. The number of carbonyl (C=O) groups is 1. The molecule has 0 radical (unpaired) electrons. The van der Waals surface area contributed by atoms with Crippen LogP contribution in [0.15, 0.2) is 4.99 Å². The number of nitrogens with one attached hydrogen (secondary N) is 1. The molecule has 0 spiro atoms. The van der Waals surface area contributed by atoms with Crippen LogP contribution in [0, 0.1) is 0 Å². The fraction of sp³-hybridized carbons (Fsp3) is 0.900. The highest BCUT2D eigenvalue weighted by Gasteiger charge is 2.00. The van der Waals surface area contributed by atoms with Gasteiger partial charge in [-0.3, -0.25) is 9.79 Å². The number of nitrogens with zero attached hydrogens (tertiary/aromatic N) is 1. The van der Waals surface area contributed by atoms with Gasteiger partial charge in [0.05, 0.1) is 0 Å². The van der Waals surface area contributed by atoms with Crippen LogP contribution >= 0.6 is 0 Å². The van der Waals surface area contributed by atoms with Crippen LogP contribution in [-0.2, 0) is 4.79 Å². The van der Waals surface area contributed by atoms with Crippen molar-refractivity contribution in [2.45, 2.75) is 103 Å². The van der Waals surface area contributed by atoms with Crippen LogP contribution in [0.4, 0.5) is 0 Å². The predicted octanol–water partition coefficient (Wildman–Crippen LogP) is 4.25. The Labute approximate surface area is 155 Å². The SMILES string of the molecule is CCCCCCCCCCCCCCCC(=O)NCCCN=C(N)N. The topological polar surface area (TPSA) is 93.5 Å². The molecule has 0 aromatic carbocycles. The van der Waals surface area contributed by atoms with Gasteiger partial charge < -0.3 is 16.8 Å². The minimum Gasteiger partial charge on any atom is -0.370 e. The van der Waals surface area contributed by atoms with E-state index in [1.165, 1.54) is 77.0 Å². The van der Waals surface area contributed by atoms with Crippen molar-refractivity contribution in [1.29, 1.82) is 0 Å². The Morgan fingerprint density at radius 1 is 0.760 bits per heavy atom. The van der Waals surface area contributed by atoms with Crippen molar-refractivity contribution < 1.29 is 4.79 Å². The van der Waals surface area contributed by atoms with Crippen molar-refractivity contribution in [3.05, 3.63) is 0 Å². The van der Waals surface area contributed by atoms with Crippen molar-refractivity contribution in [3.63, 3.8) is 0 Å². The van der Waals surface area contributed by atoms with Crippen molar-refractivity contribution >= 4 is 11.9 Å². The van der Waals surface area contributed by atoms with Crippen LogP contribution in [0.1, 0.15) is 103 Å². The van der Waals surface area contributed by atoms with Crippen LogP contribution in [0.3, 0.4) is 0 Å². The number of nitrogens with two attached hydrogens (primary N) is 2. The third-order valence-electron chi connectivity index (χ3n) is 4.46. The highest BCUT2D eigenvalue weighted by atomic mass is 16.1. The van der Waals surface area contributed by atoms with Gasteiger partial charge in [-0.15, -0.1) is 0 Å². The van der Waals surface area contributed by atoms with Crippen molar-refractivity contribution in [2.75, 3.05) is 13.1 Å². The molecule has 0 atom stereocenters. The van der Waals surface area contributed by atoms with E-state index >= 15 is 0 Å². The molecule has 148 valence electrons. The Balaban J connectivity index is 3.17. The molecule has 0 fully saturated rings. The molecule has 0 unspecified atom stereocenters. The number of unbranched alkanes of at least 4 members (excludes halogenated alkanes) is 12. The van der Waals surface area contributed by atoms with Crippen molar-refractivity contribution in [1.82, 2.24) is 5.32 Å². The van der Waals surface area contributed by atoms with Crippen LogP contribution in [0.25, 0.3) is 0 Å². The first-order valence-electron chi connectivity index (χ1n) is 10.5. The van der Waals surface area contributed by atoms with E-state index in [0.29, 0.717) is 19.5 Å². The average molecular weight is 355 g/mol. The molecular formula is C20H42N4O. The van der Waals surface area contributed by atoms with Gasteiger partial charge >= 0.3 is 0 Å². The molecule has 0 saturated carbocycles. The smallest absolute Gasteiger partial charge is 0.219 e. The molecule has 0 aromatic heterocycles. The summed E-state index contributed by atoms with van der Waals surface area (Å²) >= 11 is 0. The van der Waals surface area contributed by atoms with Gasteiger partial charge in [-0.2, -0.15) is 0 Å². The van der Waals surface area contributed by atoms with E-state index in [-0.39, 0.29) is 11.9 Å². The second kappa shape index (κ2) is 19.1. The lowest BCUT2D eigenvalue weighted by Crippen LogP contribution is -2.26. The molecule has 0 aliphatic heterocycles. The Morgan fingerprint density at radius 3 is 1.72 bits per heavy atom. The molecule has 0 aliphatic rings. The van der Waals surface area contributed by atoms with Crippen LogP contribution in [0.2, 0.25) is 0 Å². The van der Waals surface area contributed by atoms with E-state index in [4.69, 9.17) is 11.5 Å². The number of hydrogen-bond donors (Lipinski definition) is 3. The van der Waals surface area contributed by atoms with Gasteiger partial charge in [-0.25, -0.2) is 0 Å². The molecule has 5 N–H and O–H groups in total. The Bertz CT molecular complexity index is 328. The van der Waals surface area contributed by atoms with Gasteiger partial charge in [0.2, 0.25) is 5.91 Å². The summed E-state index contributed by atoms with van der Waals surface area (Å²) < 4.78 is 0. The highest BCUT2D eigenvalue weighted by Crippen LogP contribution is 2.12. The Kier molecular flexibility index (Phi) is 18.1. The predicted molar refractivity (Wildman–Crippen MR) is 109 cm³/mol. The molecular weight excluding hydrogens is 312 g/mol. The minimum atomic E-state index is 0.110. The maximum atomic E-state index is 11.6. The summed E-state index contributed by atoms with van der Waals surface area (Å²) in [6, 6.07) is 0. The molecule has 5 nitrogen and oxygen atoms in total. The number of guanidine groups is 1. The minimum absolute atomic E-state index is 0.110. The molecule has 0 saturated heterocycles. The third kappa shape index (κ3) is 20.7. The maximum Gasteiger partial charge on any atom is 0.219 e. The molecule has 0 rings (SSSR count). The van der Waals surface area contributed by atoms with Gasteiger partial charge in [0.15, 0.2) is 5.96 Å². The second-order valence-electron chi connectivity index (χ2n) is 7.00. The molecule has 1 amide bonds. The third-order valence-corrected chi connectivity index (χ3v) is 4.46. The number of carbonyl (C=O) groups excluding carboxylic acids is 1. The van der Waals surface area contributed by atoms with Crippen LogP contribution in [-0.4, -0.2) is 25.0 Å². The van der Waals surface area contributed by atoms with Gasteiger partial charge in [0.1, 0.15) is 0 Å². The summed E-state index contributed by atoms with van der Waals surface area (Å²) in [4.78, 5) is 15.5. The molecule has 0 aliphatic carbocycles. The van der Waals surface area contributed by atoms with E-state index in [0.717, 1.165) is 12.8 Å². The summed E-state index contributed by atoms with van der Waals surface area (Å²) in [5, 5.41) is 2.91. The lowest BCUT2D eigenvalue weighted by molar-refractivity contribution is -0.121. The summed E-state index contributed by atoms with van der Waals surface area (Å²) in [5.41, 5.74) is 10.5. The molecule has 0 aromatic rings. The monoisotopic (exact) mass is 354 g/mol. The lowest BCUT2D eigenvalue weighted by Gasteiger charge is -2.05. The Morgan fingerprint density at radius 2 is 1.24 bits per heavy atom. The summed E-state index contributed by atoms with van der Waals surface area (Å²) in [6.45, 7) is 3.49. The zero-order valence-electron chi connectivity index (χ0n) is 16.5. The van der Waals surface area contributed by atoms with E-state index in [1.807, 2.05) is 0 Å². The number of amides is 1. The maximum absolute atomic E-state index is 11.6. The molecule has 25 heavy (non-hydrogen) atoms. The first kappa shape index (κ1) is 23.7. The number of aliphatic imine (C=N–C) groups is 1. The second-order valence-corrected chi connectivity index (χ2v) is 7.00. The lowest BCUT2D eigenvalue weighted by atomic mass is 10.0. The fourth-order valence-corrected chi connectivity index (χ4v) is 2.91. The van der Waals surface area contributed by atoms with E-state index < -0.39 is 0 Å². The molecule has 0 heterocycles. The summed E-state index contributed by atoms with van der Waals surface area (Å²) in [7, 11) is 0. The summed E-state index contributed by atoms with van der Waals surface area (Å²) in [5.74, 6) is 0.256. The number of rotatable bonds is 18. The largest absolute Gasteiger partial charge is 0.370 e. The molecule has 0 bridgehead atoms. The van der Waals surface area contributed by atoms with Gasteiger partial charge in [0.25, 0.3) is 0 Å². The quantitative estimate of drug-likeness (QED) is 0.195. The zero-order chi connectivity index (χ0) is 18.6. The van der Waals surface area contributed by atoms with Gasteiger partial charge in [-0.05, 0) is 12.8 Å². The zero-order valence-corrected chi connectivity index (χ0v) is 16.5. The van der Waals surface area contributed by atoms with E-state index in [1.54, 1.807) is 0 Å². The molecule has 5 heteroatoms. The van der Waals surface area contributed by atoms with Crippen LogP contribution in [0.5, 0.6) is 0 Å². The van der Waals surface area contributed by atoms with E-state index in [2.05, 4.69) is 17.2 Å². The van der Waals surface area contributed by atoms with Gasteiger partial charge in [0, 0.05) is 19.5 Å². The van der Waals surface area contributed by atoms with Gasteiger partial charge in [-0.1, -0.05) is 84.0 Å². The Hall–Kier alpha value is -1.26. The van der Waals surface area contributed by atoms with Crippen molar-refractivity contribution in [3.8, 4) is 0 Å². The normalized spacial score (nSPS) is 10.6. The number of hydrogen-bond acceptors (Lipinski definition) is 2. The van der Waals surface area contributed by atoms with Crippen LogP contribution < -0.4 is 16.8 Å². The first-order chi connectivity index (χ1) is 12.2. The van der Waals surface area contributed by atoms with E-state index in [9.17, 15) is 4.79 Å².